The van der Waals surface area contributed by atoms with Gasteiger partial charge in [0.25, 0.3) is 0 Å². The maximum absolute atomic E-state index is 12.6. The molecular weight excluding hydrogens is 338 g/mol. The van der Waals surface area contributed by atoms with Gasteiger partial charge in [0.2, 0.25) is 5.91 Å². The van der Waals surface area contributed by atoms with E-state index in [1.165, 1.54) is 5.56 Å². The lowest BCUT2D eigenvalue weighted by Gasteiger charge is -2.19. The van der Waals surface area contributed by atoms with Crippen molar-refractivity contribution < 1.29 is 4.79 Å². The van der Waals surface area contributed by atoms with Crippen molar-refractivity contribution in [3.8, 4) is 0 Å². The molecule has 4 heteroatoms. The fourth-order valence-corrected chi connectivity index (χ4v) is 3.52. The fraction of sp³-hybridized carbons (Fsp3) is 0.350. The molecule has 0 aliphatic rings. The second-order valence-electron chi connectivity index (χ2n) is 5.79. The summed E-state index contributed by atoms with van der Waals surface area (Å²) >= 11 is 7.49. The van der Waals surface area contributed by atoms with E-state index in [4.69, 9.17) is 11.6 Å². The summed E-state index contributed by atoms with van der Waals surface area (Å²) in [5.74, 6) is 0.0736. The number of halogens is 1. The van der Waals surface area contributed by atoms with Gasteiger partial charge in [-0.05, 0) is 55.2 Å². The minimum Gasteiger partial charge on any atom is -0.349 e. The van der Waals surface area contributed by atoms with E-state index in [9.17, 15) is 4.79 Å². The smallest absolute Gasteiger partial charge is 0.233 e. The Morgan fingerprint density at radius 3 is 2.25 bits per heavy atom. The highest BCUT2D eigenvalue weighted by Crippen LogP contribution is 2.27. The normalized spacial score (nSPS) is 13.3. The summed E-state index contributed by atoms with van der Waals surface area (Å²) in [5, 5.41) is 3.73. The summed E-state index contributed by atoms with van der Waals surface area (Å²) in [5.41, 5.74) is 2.44. The number of aryl methyl sites for hydroxylation is 1. The maximum atomic E-state index is 12.6. The van der Waals surface area contributed by atoms with Gasteiger partial charge in [0.1, 0.15) is 0 Å². The number of nitrogens with one attached hydrogen (secondary N) is 1. The Kier molecular flexibility index (Phi) is 7.19. The van der Waals surface area contributed by atoms with Gasteiger partial charge >= 0.3 is 0 Å². The van der Waals surface area contributed by atoms with Crippen LogP contribution in [0.2, 0.25) is 5.02 Å². The lowest BCUT2D eigenvalue weighted by atomic mass is 10.0. The van der Waals surface area contributed by atoms with E-state index in [1.54, 1.807) is 11.8 Å². The molecule has 0 saturated heterocycles. The molecule has 2 aromatic rings. The molecule has 0 aliphatic heterocycles. The molecule has 1 amide bonds. The first-order valence-corrected chi connectivity index (χ1v) is 9.60. The van der Waals surface area contributed by atoms with Crippen LogP contribution < -0.4 is 5.32 Å². The molecule has 0 bridgehead atoms. The molecule has 2 rings (SSSR count). The van der Waals surface area contributed by atoms with Crippen molar-refractivity contribution in [2.45, 2.75) is 49.8 Å². The first-order valence-electron chi connectivity index (χ1n) is 8.35. The van der Waals surface area contributed by atoms with Gasteiger partial charge in [-0.15, -0.1) is 11.8 Å². The average Bonchev–Trinajstić information content (AvgIpc) is 2.61. The Balaban J connectivity index is 1.98. The van der Waals surface area contributed by atoms with Crippen molar-refractivity contribution in [3.63, 3.8) is 0 Å². The molecule has 24 heavy (non-hydrogen) atoms. The van der Waals surface area contributed by atoms with E-state index in [2.05, 4.69) is 36.5 Å². The molecule has 0 unspecified atom stereocenters. The standard InChI is InChI=1S/C20H24ClNOS/c1-4-15-6-8-16(9-7-15)14(3)22-20(23)19(5-2)24-18-12-10-17(21)11-13-18/h6-14,19H,4-5H2,1-3H3,(H,22,23)/t14-,19-/m0/s1. The van der Waals surface area contributed by atoms with Gasteiger partial charge in [-0.1, -0.05) is 49.7 Å². The number of thioether (sulfide) groups is 1. The molecule has 0 saturated carbocycles. The SMILES string of the molecule is CCc1ccc([C@H](C)NC(=O)[C@H](CC)Sc2ccc(Cl)cc2)cc1. The van der Waals surface area contributed by atoms with Gasteiger partial charge in [0.15, 0.2) is 0 Å². The summed E-state index contributed by atoms with van der Waals surface area (Å²) in [6.45, 7) is 6.20. The Bertz CT molecular complexity index is 654. The molecule has 2 nitrogen and oxygen atoms in total. The van der Waals surface area contributed by atoms with E-state index in [-0.39, 0.29) is 17.2 Å². The molecule has 1 N–H and O–H groups in total. The van der Waals surface area contributed by atoms with Gasteiger partial charge in [-0.3, -0.25) is 4.79 Å². The minimum absolute atomic E-state index is 0.00303. The molecule has 0 radical (unpaired) electrons. The van der Waals surface area contributed by atoms with Crippen LogP contribution in [0.25, 0.3) is 0 Å². The predicted octanol–water partition coefficient (Wildman–Crippen LogP) is 5.65. The highest BCUT2D eigenvalue weighted by molar-refractivity contribution is 8.00. The van der Waals surface area contributed by atoms with Crippen molar-refractivity contribution >= 4 is 29.3 Å². The highest BCUT2D eigenvalue weighted by atomic mass is 35.5. The van der Waals surface area contributed by atoms with Crippen molar-refractivity contribution in [1.29, 1.82) is 0 Å². The van der Waals surface area contributed by atoms with Crippen LogP contribution in [0.4, 0.5) is 0 Å². The summed E-state index contributed by atoms with van der Waals surface area (Å²) in [7, 11) is 0. The molecule has 2 aromatic carbocycles. The third-order valence-electron chi connectivity index (χ3n) is 4.00. The van der Waals surface area contributed by atoms with Crippen molar-refractivity contribution in [1.82, 2.24) is 5.32 Å². The number of benzene rings is 2. The van der Waals surface area contributed by atoms with Gasteiger partial charge in [0.05, 0.1) is 11.3 Å². The summed E-state index contributed by atoms with van der Waals surface area (Å²) in [6, 6.07) is 16.1. The van der Waals surface area contributed by atoms with Gasteiger partial charge < -0.3 is 5.32 Å². The van der Waals surface area contributed by atoms with E-state index in [0.29, 0.717) is 5.02 Å². The number of hydrogen-bond acceptors (Lipinski definition) is 2. The Hall–Kier alpha value is -1.45. The summed E-state index contributed by atoms with van der Waals surface area (Å²) in [6.07, 6.45) is 1.80. The second kappa shape index (κ2) is 9.14. The van der Waals surface area contributed by atoms with Crippen LogP contribution in [0, 0.1) is 0 Å². The molecular formula is C20H24ClNOS. The van der Waals surface area contributed by atoms with E-state index < -0.39 is 0 Å². The molecule has 0 aromatic heterocycles. The fourth-order valence-electron chi connectivity index (χ4n) is 2.43. The Morgan fingerprint density at radius 1 is 1.08 bits per heavy atom. The van der Waals surface area contributed by atoms with Crippen LogP contribution in [0.3, 0.4) is 0 Å². The van der Waals surface area contributed by atoms with Crippen LogP contribution in [-0.4, -0.2) is 11.2 Å². The number of rotatable bonds is 7. The molecule has 0 fully saturated rings. The number of carbonyl (C=O) groups is 1. The van der Waals surface area contributed by atoms with Crippen LogP contribution in [0.1, 0.15) is 44.4 Å². The van der Waals surface area contributed by atoms with Crippen LogP contribution >= 0.6 is 23.4 Å². The average molecular weight is 362 g/mol. The third kappa shape index (κ3) is 5.29. The number of carbonyl (C=O) groups excluding carboxylic acids is 1. The van der Waals surface area contributed by atoms with E-state index in [1.807, 2.05) is 38.1 Å². The number of hydrogen-bond donors (Lipinski definition) is 1. The Morgan fingerprint density at radius 2 is 1.71 bits per heavy atom. The highest BCUT2D eigenvalue weighted by Gasteiger charge is 2.20. The van der Waals surface area contributed by atoms with Crippen molar-refractivity contribution in [2.24, 2.45) is 0 Å². The minimum atomic E-state index is -0.108. The Labute approximate surface area is 154 Å². The first-order chi connectivity index (χ1) is 11.5. The third-order valence-corrected chi connectivity index (χ3v) is 5.63. The van der Waals surface area contributed by atoms with Crippen LogP contribution in [-0.2, 0) is 11.2 Å². The van der Waals surface area contributed by atoms with Gasteiger partial charge in [-0.25, -0.2) is 0 Å². The summed E-state index contributed by atoms with van der Waals surface area (Å²) < 4.78 is 0. The van der Waals surface area contributed by atoms with E-state index in [0.717, 1.165) is 23.3 Å². The lowest BCUT2D eigenvalue weighted by Crippen LogP contribution is -2.34. The number of amides is 1. The van der Waals surface area contributed by atoms with E-state index >= 15 is 0 Å². The van der Waals surface area contributed by atoms with Crippen molar-refractivity contribution in [2.75, 3.05) is 0 Å². The zero-order valence-electron chi connectivity index (χ0n) is 14.4. The van der Waals surface area contributed by atoms with Crippen molar-refractivity contribution in [3.05, 3.63) is 64.7 Å². The molecule has 128 valence electrons. The topological polar surface area (TPSA) is 29.1 Å². The first kappa shape index (κ1) is 18.9. The van der Waals surface area contributed by atoms with Crippen LogP contribution in [0.5, 0.6) is 0 Å². The zero-order chi connectivity index (χ0) is 17.5. The van der Waals surface area contributed by atoms with Gasteiger partial charge in [0, 0.05) is 9.92 Å². The zero-order valence-corrected chi connectivity index (χ0v) is 16.0. The molecule has 0 heterocycles. The molecule has 0 spiro atoms. The lowest BCUT2D eigenvalue weighted by molar-refractivity contribution is -0.121. The predicted molar refractivity (Wildman–Crippen MR) is 104 cm³/mol. The largest absolute Gasteiger partial charge is 0.349 e. The maximum Gasteiger partial charge on any atom is 0.233 e. The van der Waals surface area contributed by atoms with Gasteiger partial charge in [-0.2, -0.15) is 0 Å². The quantitative estimate of drug-likeness (QED) is 0.645. The monoisotopic (exact) mass is 361 g/mol. The molecule has 2 atom stereocenters. The second-order valence-corrected chi connectivity index (χ2v) is 7.51. The summed E-state index contributed by atoms with van der Waals surface area (Å²) in [4.78, 5) is 13.7. The molecule has 0 aliphatic carbocycles. The van der Waals surface area contributed by atoms with Crippen LogP contribution in [0.15, 0.2) is 53.4 Å².